The molecule has 1 aromatic carbocycles. The zero-order valence-electron chi connectivity index (χ0n) is 11.9. The molecule has 1 N–H and O–H groups in total. The van der Waals surface area contributed by atoms with E-state index in [4.69, 9.17) is 0 Å². The molecule has 4 heteroatoms. The van der Waals surface area contributed by atoms with E-state index in [0.717, 1.165) is 4.90 Å². The maximum atomic E-state index is 11.7. The number of ketones is 1. The molecule has 0 saturated heterocycles. The third-order valence-electron chi connectivity index (χ3n) is 3.02. The van der Waals surface area contributed by atoms with Crippen LogP contribution in [-0.4, -0.2) is 23.5 Å². The number of carbonyl (C=O) groups excluding carboxylic acids is 2. The van der Waals surface area contributed by atoms with Gasteiger partial charge in [0.2, 0.25) is 5.91 Å². The van der Waals surface area contributed by atoms with Crippen molar-refractivity contribution < 1.29 is 9.59 Å². The van der Waals surface area contributed by atoms with E-state index in [1.165, 1.54) is 11.8 Å². The predicted octanol–water partition coefficient (Wildman–Crippen LogP) is 3.14. The van der Waals surface area contributed by atoms with Gasteiger partial charge in [0.15, 0.2) is 5.78 Å². The van der Waals surface area contributed by atoms with Gasteiger partial charge in [0, 0.05) is 16.5 Å². The molecule has 1 amide bonds. The van der Waals surface area contributed by atoms with E-state index in [0.29, 0.717) is 17.2 Å². The first-order valence-electron chi connectivity index (χ1n) is 6.43. The fraction of sp³-hybridized carbons (Fsp3) is 0.467. The van der Waals surface area contributed by atoms with E-state index in [-0.39, 0.29) is 17.7 Å². The van der Waals surface area contributed by atoms with Gasteiger partial charge in [-0.1, -0.05) is 26.0 Å². The summed E-state index contributed by atoms with van der Waals surface area (Å²) in [6.07, 6.45) is 0. The van der Waals surface area contributed by atoms with E-state index < -0.39 is 0 Å². The molecule has 104 valence electrons. The largest absolute Gasteiger partial charge is 0.353 e. The van der Waals surface area contributed by atoms with Gasteiger partial charge in [0.1, 0.15) is 0 Å². The smallest absolute Gasteiger partial charge is 0.230 e. The fourth-order valence-corrected chi connectivity index (χ4v) is 2.11. The van der Waals surface area contributed by atoms with Gasteiger partial charge in [0.05, 0.1) is 5.75 Å². The van der Waals surface area contributed by atoms with Gasteiger partial charge in [-0.15, -0.1) is 11.8 Å². The summed E-state index contributed by atoms with van der Waals surface area (Å²) in [5.41, 5.74) is 0.697. The van der Waals surface area contributed by atoms with E-state index in [2.05, 4.69) is 19.2 Å². The Bertz CT molecular complexity index is 440. The average molecular weight is 279 g/mol. The van der Waals surface area contributed by atoms with Crippen LogP contribution in [0.5, 0.6) is 0 Å². The number of amides is 1. The standard InChI is InChI=1S/C15H21NO2S/c1-10(2)11(3)16-15(18)9-19-14-7-5-13(6-8-14)12(4)17/h5-8,10-11H,9H2,1-4H3,(H,16,18). The summed E-state index contributed by atoms with van der Waals surface area (Å²) < 4.78 is 0. The number of benzene rings is 1. The molecule has 1 rings (SSSR count). The van der Waals surface area contributed by atoms with E-state index >= 15 is 0 Å². The molecule has 0 heterocycles. The third kappa shape index (κ3) is 5.47. The highest BCUT2D eigenvalue weighted by molar-refractivity contribution is 8.00. The average Bonchev–Trinajstić information content (AvgIpc) is 2.36. The number of nitrogens with one attached hydrogen (secondary N) is 1. The third-order valence-corrected chi connectivity index (χ3v) is 4.03. The van der Waals surface area contributed by atoms with Gasteiger partial charge in [-0.2, -0.15) is 0 Å². The Kier molecular flexibility index (Phi) is 6.09. The number of hydrogen-bond acceptors (Lipinski definition) is 3. The van der Waals surface area contributed by atoms with Crippen LogP contribution in [-0.2, 0) is 4.79 Å². The highest BCUT2D eigenvalue weighted by Crippen LogP contribution is 2.18. The molecule has 0 radical (unpaired) electrons. The lowest BCUT2D eigenvalue weighted by Gasteiger charge is -2.17. The number of rotatable bonds is 6. The normalized spacial score (nSPS) is 12.3. The van der Waals surface area contributed by atoms with E-state index in [1.807, 2.05) is 19.1 Å². The summed E-state index contributed by atoms with van der Waals surface area (Å²) in [5, 5.41) is 2.97. The van der Waals surface area contributed by atoms with Crippen molar-refractivity contribution in [1.29, 1.82) is 0 Å². The lowest BCUT2D eigenvalue weighted by Crippen LogP contribution is -2.37. The van der Waals surface area contributed by atoms with Crippen LogP contribution in [0.15, 0.2) is 29.2 Å². The van der Waals surface area contributed by atoms with Crippen LogP contribution in [0.3, 0.4) is 0 Å². The molecule has 1 unspecified atom stereocenters. The Morgan fingerprint density at radius 1 is 1.16 bits per heavy atom. The molecule has 0 bridgehead atoms. The van der Waals surface area contributed by atoms with Crippen LogP contribution >= 0.6 is 11.8 Å². The van der Waals surface area contributed by atoms with E-state index in [1.54, 1.807) is 19.1 Å². The molecular formula is C15H21NO2S. The van der Waals surface area contributed by atoms with Crippen LogP contribution in [0, 0.1) is 5.92 Å². The second-order valence-electron chi connectivity index (χ2n) is 4.97. The van der Waals surface area contributed by atoms with Gasteiger partial charge in [-0.3, -0.25) is 9.59 Å². The van der Waals surface area contributed by atoms with Gasteiger partial charge >= 0.3 is 0 Å². The summed E-state index contributed by atoms with van der Waals surface area (Å²) in [6.45, 7) is 7.72. The zero-order chi connectivity index (χ0) is 14.4. The fourth-order valence-electron chi connectivity index (χ4n) is 1.40. The second-order valence-corrected chi connectivity index (χ2v) is 6.02. The topological polar surface area (TPSA) is 46.2 Å². The second kappa shape index (κ2) is 7.34. The predicted molar refractivity (Wildman–Crippen MR) is 79.6 cm³/mol. The van der Waals surface area contributed by atoms with Gasteiger partial charge in [0.25, 0.3) is 0 Å². The van der Waals surface area contributed by atoms with Crippen molar-refractivity contribution in [2.75, 3.05) is 5.75 Å². The molecule has 0 saturated carbocycles. The van der Waals surface area contributed by atoms with Crippen molar-refractivity contribution in [3.8, 4) is 0 Å². The minimum atomic E-state index is 0.0434. The SMILES string of the molecule is CC(=O)c1ccc(SCC(=O)NC(C)C(C)C)cc1. The first kappa shape index (κ1) is 15.8. The van der Waals surface area contributed by atoms with Crippen molar-refractivity contribution in [2.24, 2.45) is 5.92 Å². The number of hydrogen-bond donors (Lipinski definition) is 1. The Balaban J connectivity index is 2.44. The molecule has 0 aliphatic carbocycles. The monoisotopic (exact) mass is 279 g/mol. The molecule has 0 aromatic heterocycles. The Labute approximate surface area is 119 Å². The van der Waals surface area contributed by atoms with Crippen molar-refractivity contribution in [3.63, 3.8) is 0 Å². The maximum Gasteiger partial charge on any atom is 0.230 e. The quantitative estimate of drug-likeness (QED) is 0.643. The van der Waals surface area contributed by atoms with Crippen LogP contribution in [0.2, 0.25) is 0 Å². The van der Waals surface area contributed by atoms with Crippen LogP contribution < -0.4 is 5.32 Å². The Morgan fingerprint density at radius 3 is 2.21 bits per heavy atom. The molecule has 19 heavy (non-hydrogen) atoms. The molecule has 0 aliphatic rings. The molecule has 1 atom stereocenters. The minimum Gasteiger partial charge on any atom is -0.353 e. The summed E-state index contributed by atoms with van der Waals surface area (Å²) in [6, 6.07) is 7.52. The highest BCUT2D eigenvalue weighted by atomic mass is 32.2. The molecule has 1 aromatic rings. The lowest BCUT2D eigenvalue weighted by molar-refractivity contribution is -0.119. The number of Topliss-reactive ketones (excluding diaryl/α,β-unsaturated/α-hetero) is 1. The number of carbonyl (C=O) groups is 2. The van der Waals surface area contributed by atoms with Gasteiger partial charge in [-0.05, 0) is 31.9 Å². The maximum absolute atomic E-state index is 11.7. The van der Waals surface area contributed by atoms with Crippen LogP contribution in [0.25, 0.3) is 0 Å². The molecule has 0 fully saturated rings. The first-order valence-corrected chi connectivity index (χ1v) is 7.42. The molecule has 3 nitrogen and oxygen atoms in total. The Hall–Kier alpha value is -1.29. The molecule has 0 spiro atoms. The Morgan fingerprint density at radius 2 is 1.74 bits per heavy atom. The number of thioether (sulfide) groups is 1. The summed E-state index contributed by atoms with van der Waals surface area (Å²) >= 11 is 1.48. The van der Waals surface area contributed by atoms with Crippen molar-refractivity contribution in [3.05, 3.63) is 29.8 Å². The summed E-state index contributed by atoms with van der Waals surface area (Å²) in [5.74, 6) is 0.932. The zero-order valence-corrected chi connectivity index (χ0v) is 12.7. The van der Waals surface area contributed by atoms with Crippen molar-refractivity contribution in [1.82, 2.24) is 5.32 Å². The molecular weight excluding hydrogens is 258 g/mol. The van der Waals surface area contributed by atoms with Crippen molar-refractivity contribution >= 4 is 23.5 Å². The lowest BCUT2D eigenvalue weighted by atomic mass is 10.1. The molecule has 0 aliphatic heterocycles. The first-order chi connectivity index (χ1) is 8.90. The van der Waals surface area contributed by atoms with Crippen LogP contribution in [0.1, 0.15) is 38.1 Å². The summed E-state index contributed by atoms with van der Waals surface area (Å²) in [4.78, 5) is 23.9. The summed E-state index contributed by atoms with van der Waals surface area (Å²) in [7, 11) is 0. The highest BCUT2D eigenvalue weighted by Gasteiger charge is 2.10. The van der Waals surface area contributed by atoms with Crippen LogP contribution in [0.4, 0.5) is 0 Å². The van der Waals surface area contributed by atoms with Gasteiger partial charge in [-0.25, -0.2) is 0 Å². The van der Waals surface area contributed by atoms with E-state index in [9.17, 15) is 9.59 Å². The minimum absolute atomic E-state index is 0.0434. The van der Waals surface area contributed by atoms with Gasteiger partial charge < -0.3 is 5.32 Å². The van der Waals surface area contributed by atoms with Crippen molar-refractivity contribution in [2.45, 2.75) is 38.6 Å².